The van der Waals surface area contributed by atoms with E-state index < -0.39 is 11.7 Å². The number of carbonyl (C=O) groups excluding carboxylic acids is 1. The average molecular weight is 353 g/mol. The van der Waals surface area contributed by atoms with E-state index in [1.807, 2.05) is 6.92 Å². The third-order valence-corrected chi connectivity index (χ3v) is 3.79. The summed E-state index contributed by atoms with van der Waals surface area (Å²) in [4.78, 5) is 11.8. The van der Waals surface area contributed by atoms with Gasteiger partial charge in [0.1, 0.15) is 12.4 Å². The van der Waals surface area contributed by atoms with Gasteiger partial charge in [0.25, 0.3) is 0 Å². The zero-order valence-electron chi connectivity index (χ0n) is 12.7. The van der Waals surface area contributed by atoms with Crippen molar-refractivity contribution in [3.05, 3.63) is 29.8 Å². The molecule has 1 atom stereocenters. The largest absolute Gasteiger partial charge is 0.491 e. The predicted octanol–water partition coefficient (Wildman–Crippen LogP) is 2.48. The first-order chi connectivity index (χ1) is 10.4. The normalized spacial score (nSPS) is 16.0. The second-order valence-corrected chi connectivity index (χ2v) is 5.34. The van der Waals surface area contributed by atoms with Gasteiger partial charge in [-0.25, -0.2) is 0 Å². The van der Waals surface area contributed by atoms with E-state index in [1.54, 1.807) is 0 Å². The fourth-order valence-corrected chi connectivity index (χ4v) is 2.20. The van der Waals surface area contributed by atoms with Gasteiger partial charge in [-0.05, 0) is 31.1 Å². The maximum absolute atomic E-state index is 12.8. The average Bonchev–Trinajstić information content (AvgIpc) is 2.40. The standard InChI is InChI=1S/C15H19F3N2O2.ClH/c1-10(11-8-19-9-11)14(21)20-6-7-22-13-5-3-2-4-12(13)15(16,17)18;/h2-5,10-11,19H,6-9H2,1H3,(H,20,21);1H. The van der Waals surface area contributed by atoms with Gasteiger partial charge in [-0.2, -0.15) is 13.2 Å². The monoisotopic (exact) mass is 352 g/mol. The van der Waals surface area contributed by atoms with Crippen LogP contribution in [0.15, 0.2) is 24.3 Å². The molecule has 2 N–H and O–H groups in total. The topological polar surface area (TPSA) is 50.4 Å². The first kappa shape index (κ1) is 19.6. The van der Waals surface area contributed by atoms with E-state index in [-0.39, 0.29) is 43.1 Å². The number of hydrogen-bond acceptors (Lipinski definition) is 3. The molecule has 1 saturated heterocycles. The maximum atomic E-state index is 12.8. The summed E-state index contributed by atoms with van der Waals surface area (Å²) in [6.45, 7) is 3.67. The lowest BCUT2D eigenvalue weighted by molar-refractivity contribution is -0.139. The molecular weight excluding hydrogens is 333 g/mol. The van der Waals surface area contributed by atoms with Gasteiger partial charge < -0.3 is 15.4 Å². The molecule has 1 aliphatic heterocycles. The Kier molecular flexibility index (Phi) is 7.15. The Bertz CT molecular complexity index is 522. The van der Waals surface area contributed by atoms with Crippen molar-refractivity contribution in [2.24, 2.45) is 11.8 Å². The Labute approximate surface area is 139 Å². The SMILES string of the molecule is CC(C(=O)NCCOc1ccccc1C(F)(F)F)C1CNC1.Cl. The van der Waals surface area contributed by atoms with Gasteiger partial charge in [0.2, 0.25) is 5.91 Å². The summed E-state index contributed by atoms with van der Waals surface area (Å²) in [5, 5.41) is 5.78. The van der Waals surface area contributed by atoms with Crippen molar-refractivity contribution in [3.63, 3.8) is 0 Å². The number of para-hydroxylation sites is 1. The lowest BCUT2D eigenvalue weighted by Crippen LogP contribution is -2.50. The number of nitrogens with one attached hydrogen (secondary N) is 2. The minimum Gasteiger partial charge on any atom is -0.491 e. The lowest BCUT2D eigenvalue weighted by Gasteiger charge is -2.31. The Morgan fingerprint density at radius 1 is 1.39 bits per heavy atom. The molecule has 0 saturated carbocycles. The van der Waals surface area contributed by atoms with E-state index in [9.17, 15) is 18.0 Å². The van der Waals surface area contributed by atoms with Crippen molar-refractivity contribution in [1.82, 2.24) is 10.6 Å². The second-order valence-electron chi connectivity index (χ2n) is 5.34. The smallest absolute Gasteiger partial charge is 0.419 e. The molecule has 1 fully saturated rings. The van der Waals surface area contributed by atoms with Crippen LogP contribution in [0.3, 0.4) is 0 Å². The van der Waals surface area contributed by atoms with Gasteiger partial charge in [0.15, 0.2) is 0 Å². The van der Waals surface area contributed by atoms with E-state index in [4.69, 9.17) is 4.74 Å². The van der Waals surface area contributed by atoms with Crippen LogP contribution in [0, 0.1) is 11.8 Å². The number of carbonyl (C=O) groups is 1. The second kappa shape index (κ2) is 8.40. The molecule has 130 valence electrons. The van der Waals surface area contributed by atoms with Crippen molar-refractivity contribution in [1.29, 1.82) is 0 Å². The van der Waals surface area contributed by atoms with Crippen molar-refractivity contribution in [2.75, 3.05) is 26.2 Å². The fraction of sp³-hybridized carbons (Fsp3) is 0.533. The van der Waals surface area contributed by atoms with Crippen molar-refractivity contribution < 1.29 is 22.7 Å². The molecule has 4 nitrogen and oxygen atoms in total. The highest BCUT2D eigenvalue weighted by atomic mass is 35.5. The van der Waals surface area contributed by atoms with Gasteiger partial charge >= 0.3 is 6.18 Å². The summed E-state index contributed by atoms with van der Waals surface area (Å²) >= 11 is 0. The Balaban J connectivity index is 0.00000264. The molecule has 1 aromatic rings. The Morgan fingerprint density at radius 3 is 2.61 bits per heavy atom. The molecule has 1 aliphatic rings. The van der Waals surface area contributed by atoms with Crippen LogP contribution in [0.2, 0.25) is 0 Å². The van der Waals surface area contributed by atoms with Crippen molar-refractivity contribution in [3.8, 4) is 5.75 Å². The number of amides is 1. The van der Waals surface area contributed by atoms with Crippen LogP contribution in [0.1, 0.15) is 12.5 Å². The van der Waals surface area contributed by atoms with Gasteiger partial charge in [-0.1, -0.05) is 19.1 Å². The van der Waals surface area contributed by atoms with Crippen LogP contribution in [0.5, 0.6) is 5.75 Å². The summed E-state index contributed by atoms with van der Waals surface area (Å²) in [5.41, 5.74) is -0.810. The fourth-order valence-electron chi connectivity index (χ4n) is 2.20. The molecule has 1 aromatic carbocycles. The maximum Gasteiger partial charge on any atom is 0.419 e. The molecule has 0 bridgehead atoms. The molecule has 0 spiro atoms. The minimum absolute atomic E-state index is 0. The Hall–Kier alpha value is -1.47. The zero-order valence-corrected chi connectivity index (χ0v) is 13.5. The summed E-state index contributed by atoms with van der Waals surface area (Å²) in [7, 11) is 0. The number of halogens is 4. The van der Waals surface area contributed by atoms with E-state index >= 15 is 0 Å². The van der Waals surface area contributed by atoms with Gasteiger partial charge in [-0.15, -0.1) is 12.4 Å². The molecule has 0 aliphatic carbocycles. The van der Waals surface area contributed by atoms with Crippen molar-refractivity contribution >= 4 is 18.3 Å². The molecular formula is C15H20ClF3N2O2. The predicted molar refractivity (Wildman–Crippen MR) is 82.7 cm³/mol. The molecule has 0 radical (unpaired) electrons. The van der Waals surface area contributed by atoms with E-state index in [0.29, 0.717) is 5.92 Å². The first-order valence-electron chi connectivity index (χ1n) is 7.17. The number of ether oxygens (including phenoxy) is 1. The van der Waals surface area contributed by atoms with Crippen LogP contribution in [0.25, 0.3) is 0 Å². The lowest BCUT2D eigenvalue weighted by atomic mass is 9.88. The van der Waals surface area contributed by atoms with E-state index in [0.717, 1.165) is 19.2 Å². The number of rotatable bonds is 6. The summed E-state index contributed by atoms with van der Waals surface area (Å²) in [6.07, 6.45) is -4.45. The van der Waals surface area contributed by atoms with Crippen LogP contribution >= 0.6 is 12.4 Å². The molecule has 23 heavy (non-hydrogen) atoms. The molecule has 0 aromatic heterocycles. The third kappa shape index (κ3) is 5.28. The highest BCUT2D eigenvalue weighted by molar-refractivity contribution is 5.85. The third-order valence-electron chi connectivity index (χ3n) is 3.79. The minimum atomic E-state index is -4.45. The molecule has 1 heterocycles. The van der Waals surface area contributed by atoms with Crippen LogP contribution in [0.4, 0.5) is 13.2 Å². The molecule has 1 amide bonds. The molecule has 2 rings (SSSR count). The van der Waals surface area contributed by atoms with Gasteiger partial charge in [-0.3, -0.25) is 4.79 Å². The van der Waals surface area contributed by atoms with E-state index in [1.165, 1.54) is 18.2 Å². The number of hydrogen-bond donors (Lipinski definition) is 2. The molecule has 1 unspecified atom stereocenters. The highest BCUT2D eigenvalue weighted by Gasteiger charge is 2.34. The zero-order chi connectivity index (χ0) is 16.2. The number of benzene rings is 1. The quantitative estimate of drug-likeness (QED) is 0.773. The van der Waals surface area contributed by atoms with Crippen LogP contribution < -0.4 is 15.4 Å². The van der Waals surface area contributed by atoms with Crippen LogP contribution in [-0.2, 0) is 11.0 Å². The van der Waals surface area contributed by atoms with Gasteiger partial charge in [0.05, 0.1) is 12.1 Å². The summed E-state index contributed by atoms with van der Waals surface area (Å²) < 4.78 is 43.5. The first-order valence-corrected chi connectivity index (χ1v) is 7.17. The number of alkyl halides is 3. The van der Waals surface area contributed by atoms with E-state index in [2.05, 4.69) is 10.6 Å². The van der Waals surface area contributed by atoms with Gasteiger partial charge in [0, 0.05) is 5.92 Å². The summed E-state index contributed by atoms with van der Waals surface area (Å²) in [5.74, 6) is -0.102. The molecule has 8 heteroatoms. The Morgan fingerprint density at radius 2 is 2.04 bits per heavy atom. The highest BCUT2D eigenvalue weighted by Crippen LogP contribution is 2.35. The summed E-state index contributed by atoms with van der Waals surface area (Å²) in [6, 6.07) is 5.04. The van der Waals surface area contributed by atoms with Crippen LogP contribution in [-0.4, -0.2) is 32.1 Å². The van der Waals surface area contributed by atoms with Crippen molar-refractivity contribution in [2.45, 2.75) is 13.1 Å².